The first-order valence-electron chi connectivity index (χ1n) is 13.2. The molecule has 1 fully saturated rings. The molecule has 1 saturated carbocycles. The highest BCUT2D eigenvalue weighted by molar-refractivity contribution is 5.94. The normalized spacial score (nSPS) is 17.2. The van der Waals surface area contributed by atoms with Crippen LogP contribution in [-0.2, 0) is 30.6 Å². The number of amides is 1. The van der Waals surface area contributed by atoms with Crippen molar-refractivity contribution in [3.05, 3.63) is 53.5 Å². The van der Waals surface area contributed by atoms with E-state index >= 15 is 4.39 Å². The molecule has 4 heterocycles. The van der Waals surface area contributed by atoms with Gasteiger partial charge >= 0.3 is 6.18 Å². The number of aromatic nitrogens is 7. The van der Waals surface area contributed by atoms with Crippen LogP contribution in [0.2, 0.25) is 0 Å². The fourth-order valence-electron chi connectivity index (χ4n) is 5.06. The number of alkyl halides is 3. The topological polar surface area (TPSA) is 104 Å². The zero-order valence-corrected chi connectivity index (χ0v) is 22.5. The number of imidazole rings is 1. The predicted octanol–water partition coefficient (Wildman–Crippen LogP) is 4.85. The molecule has 0 N–H and O–H groups in total. The molecule has 1 aliphatic carbocycles. The molecular weight excluding hydrogens is 544 g/mol. The summed E-state index contributed by atoms with van der Waals surface area (Å²) in [6.07, 6.45) is -0.373. The summed E-state index contributed by atoms with van der Waals surface area (Å²) < 4.78 is 63.4. The van der Waals surface area contributed by atoms with Gasteiger partial charge in [-0.3, -0.25) is 9.69 Å². The molecule has 2 aliphatic rings. The average molecular weight is 571 g/mol. The Kier molecular flexibility index (Phi) is 6.50. The van der Waals surface area contributed by atoms with Gasteiger partial charge in [0.15, 0.2) is 11.5 Å². The molecule has 0 bridgehead atoms. The van der Waals surface area contributed by atoms with Gasteiger partial charge in [-0.25, -0.2) is 24.0 Å². The van der Waals surface area contributed by atoms with Gasteiger partial charge in [-0.15, -0.1) is 5.10 Å². The number of benzene rings is 1. The third-order valence-electron chi connectivity index (χ3n) is 7.27. The van der Waals surface area contributed by atoms with Gasteiger partial charge in [-0.05, 0) is 37.5 Å². The van der Waals surface area contributed by atoms with Gasteiger partial charge < -0.3 is 9.30 Å². The zero-order valence-electron chi connectivity index (χ0n) is 22.5. The fourth-order valence-corrected chi connectivity index (χ4v) is 5.06. The van der Waals surface area contributed by atoms with Crippen molar-refractivity contribution in [2.45, 2.75) is 58.4 Å². The summed E-state index contributed by atoms with van der Waals surface area (Å²) in [5.41, 5.74) is 0.640. The number of methoxy groups -OCH3 is 1. The van der Waals surface area contributed by atoms with Crippen molar-refractivity contribution in [2.24, 2.45) is 5.92 Å². The summed E-state index contributed by atoms with van der Waals surface area (Å²) >= 11 is 0. The van der Waals surface area contributed by atoms with E-state index in [-0.39, 0.29) is 42.3 Å². The molecule has 1 amide bonds. The Balaban J connectivity index is 1.34. The predicted molar refractivity (Wildman–Crippen MR) is 138 cm³/mol. The molecule has 14 heteroatoms. The van der Waals surface area contributed by atoms with E-state index in [1.54, 1.807) is 24.6 Å². The van der Waals surface area contributed by atoms with E-state index in [1.165, 1.54) is 35.0 Å². The first-order valence-corrected chi connectivity index (χ1v) is 13.2. The van der Waals surface area contributed by atoms with Crippen LogP contribution in [0.1, 0.15) is 49.6 Å². The Morgan fingerprint density at radius 1 is 1.15 bits per heavy atom. The molecule has 214 valence electrons. The molecule has 4 aromatic rings. The molecule has 0 spiro atoms. The summed E-state index contributed by atoms with van der Waals surface area (Å²) in [5.74, 6) is -0.287. The van der Waals surface area contributed by atoms with Crippen LogP contribution in [-0.4, -0.2) is 47.3 Å². The van der Waals surface area contributed by atoms with Gasteiger partial charge in [-0.1, -0.05) is 13.0 Å². The Morgan fingerprint density at radius 3 is 2.59 bits per heavy atom. The third kappa shape index (κ3) is 4.80. The van der Waals surface area contributed by atoms with Gasteiger partial charge in [0.2, 0.25) is 17.7 Å². The van der Waals surface area contributed by atoms with Crippen molar-refractivity contribution >= 4 is 11.9 Å². The average Bonchev–Trinajstić information content (AvgIpc) is 3.55. The molecule has 3 aromatic heterocycles. The third-order valence-corrected chi connectivity index (χ3v) is 7.27. The minimum atomic E-state index is -4.65. The lowest BCUT2D eigenvalue weighted by molar-refractivity contribution is -0.140. The van der Waals surface area contributed by atoms with Crippen LogP contribution in [0.25, 0.3) is 22.8 Å². The van der Waals surface area contributed by atoms with Crippen LogP contribution < -0.4 is 9.64 Å². The van der Waals surface area contributed by atoms with E-state index in [9.17, 15) is 18.0 Å². The highest BCUT2D eigenvalue weighted by Gasteiger charge is 2.37. The van der Waals surface area contributed by atoms with Gasteiger partial charge in [-0.2, -0.15) is 18.2 Å². The number of fused-ring (bicyclic) bond motifs is 1. The fraction of sp³-hybridized carbons (Fsp3) is 0.407. The maximum absolute atomic E-state index is 15.3. The minimum Gasteiger partial charge on any atom is -0.480 e. The lowest BCUT2D eigenvalue weighted by atomic mass is 10.1. The Labute approximate surface area is 232 Å². The number of hydrogen-bond acceptors (Lipinski definition) is 7. The second-order valence-corrected chi connectivity index (χ2v) is 10.2. The van der Waals surface area contributed by atoms with E-state index in [0.717, 1.165) is 24.7 Å². The van der Waals surface area contributed by atoms with E-state index in [4.69, 9.17) is 4.74 Å². The molecule has 1 unspecified atom stereocenters. The summed E-state index contributed by atoms with van der Waals surface area (Å²) in [6, 6.07) is 4.14. The number of carbonyl (C=O) groups excluding carboxylic acids is 1. The zero-order chi connectivity index (χ0) is 29.1. The van der Waals surface area contributed by atoms with Gasteiger partial charge in [0, 0.05) is 18.7 Å². The van der Waals surface area contributed by atoms with E-state index in [0.29, 0.717) is 29.4 Å². The van der Waals surface area contributed by atoms with Crippen molar-refractivity contribution in [3.8, 4) is 28.7 Å². The van der Waals surface area contributed by atoms with Crippen LogP contribution in [0.5, 0.6) is 5.88 Å². The maximum atomic E-state index is 15.3. The summed E-state index contributed by atoms with van der Waals surface area (Å²) in [5, 5.41) is 4.66. The monoisotopic (exact) mass is 570 g/mol. The molecule has 1 aromatic carbocycles. The standard InChI is InChI=1S/C27H26F4N8O2/c1-4-37-12-19(27(29,30)31)34-23(37)17-8-5-15(9-18(17)28)11-38-25(40)14(2)10-39-26(38)35-22(36-39)20-21(16-6-7-16)32-13-33-24(20)41-3/h5,8-9,12-14,16H,4,6-7,10-11H2,1-3H3. The number of anilines is 1. The number of nitrogens with zero attached hydrogens (tertiary/aromatic N) is 8. The minimum absolute atomic E-state index is 0.0214. The number of halogens is 4. The second-order valence-electron chi connectivity index (χ2n) is 10.2. The van der Waals surface area contributed by atoms with Crippen LogP contribution in [0.3, 0.4) is 0 Å². The Bertz CT molecular complexity index is 1640. The molecule has 10 nitrogen and oxygen atoms in total. The molecule has 1 atom stereocenters. The molecular formula is C27H26F4N8O2. The van der Waals surface area contributed by atoms with Gasteiger partial charge in [0.1, 0.15) is 23.5 Å². The quantitative estimate of drug-likeness (QED) is 0.293. The first kappa shape index (κ1) is 26.8. The van der Waals surface area contributed by atoms with Crippen LogP contribution in [0, 0.1) is 11.7 Å². The maximum Gasteiger partial charge on any atom is 0.434 e. The first-order chi connectivity index (χ1) is 19.6. The summed E-state index contributed by atoms with van der Waals surface area (Å²) in [7, 11) is 1.51. The summed E-state index contributed by atoms with van der Waals surface area (Å²) in [6.45, 7) is 3.88. The van der Waals surface area contributed by atoms with Gasteiger partial charge in [0.05, 0.1) is 37.4 Å². The summed E-state index contributed by atoms with van der Waals surface area (Å²) in [4.78, 5) is 31.7. The number of carbonyl (C=O) groups is 1. The smallest absolute Gasteiger partial charge is 0.434 e. The molecule has 41 heavy (non-hydrogen) atoms. The molecule has 0 radical (unpaired) electrons. The highest BCUT2D eigenvalue weighted by Crippen LogP contribution is 2.45. The number of rotatable bonds is 7. The van der Waals surface area contributed by atoms with Crippen molar-refractivity contribution in [3.63, 3.8) is 0 Å². The van der Waals surface area contributed by atoms with Crippen molar-refractivity contribution < 1.29 is 27.1 Å². The van der Waals surface area contributed by atoms with E-state index in [2.05, 4.69) is 25.0 Å². The Morgan fingerprint density at radius 2 is 1.93 bits per heavy atom. The van der Waals surface area contributed by atoms with Crippen LogP contribution in [0.15, 0.2) is 30.7 Å². The van der Waals surface area contributed by atoms with Crippen molar-refractivity contribution in [1.82, 2.24) is 34.3 Å². The Hall–Kier alpha value is -4.36. The molecule has 6 rings (SSSR count). The number of ether oxygens (including phenoxy) is 1. The van der Waals surface area contributed by atoms with Crippen LogP contribution >= 0.6 is 0 Å². The van der Waals surface area contributed by atoms with Crippen LogP contribution in [0.4, 0.5) is 23.5 Å². The van der Waals surface area contributed by atoms with Crippen molar-refractivity contribution in [1.29, 1.82) is 0 Å². The lowest BCUT2D eigenvalue weighted by Crippen LogP contribution is -2.42. The molecule has 1 aliphatic heterocycles. The molecule has 0 saturated heterocycles. The van der Waals surface area contributed by atoms with Gasteiger partial charge in [0.25, 0.3) is 0 Å². The second kappa shape index (κ2) is 9.93. The van der Waals surface area contributed by atoms with E-state index < -0.39 is 23.6 Å². The van der Waals surface area contributed by atoms with Crippen molar-refractivity contribution in [2.75, 3.05) is 12.0 Å². The largest absolute Gasteiger partial charge is 0.480 e. The lowest BCUT2D eigenvalue weighted by Gasteiger charge is -2.29. The number of aryl methyl sites for hydroxylation is 1. The van der Waals surface area contributed by atoms with E-state index in [1.807, 2.05) is 0 Å². The number of hydrogen-bond donors (Lipinski definition) is 0. The highest BCUT2D eigenvalue weighted by atomic mass is 19.4. The SMILES string of the molecule is CCn1cc(C(F)(F)F)nc1-c1ccc(CN2C(=O)C(C)Cn3nc(-c4c(OC)ncnc4C4CC4)nc32)cc1F.